The van der Waals surface area contributed by atoms with Crippen LogP contribution in [0.15, 0.2) is 42.5 Å². The molecule has 0 aliphatic rings. The molecule has 0 spiro atoms. The summed E-state index contributed by atoms with van der Waals surface area (Å²) >= 11 is 0. The second-order valence-electron chi connectivity index (χ2n) is 4.92. The fourth-order valence-electron chi connectivity index (χ4n) is 1.96. The van der Waals surface area contributed by atoms with Gasteiger partial charge in [-0.2, -0.15) is 0 Å². The first-order valence-electron chi connectivity index (χ1n) is 6.57. The van der Waals surface area contributed by atoms with Crippen molar-refractivity contribution >= 4 is 16.5 Å². The molecule has 0 fully saturated rings. The SMILES string of the molecule is CC(C)COCCNc1cccc2ccccc12. The number of rotatable bonds is 6. The Balaban J connectivity index is 1.91. The predicted octanol–water partition coefficient (Wildman–Crippen LogP) is 3.92. The summed E-state index contributed by atoms with van der Waals surface area (Å²) < 4.78 is 5.57. The van der Waals surface area contributed by atoms with E-state index in [1.165, 1.54) is 16.5 Å². The number of benzene rings is 2. The van der Waals surface area contributed by atoms with Crippen LogP contribution in [0.25, 0.3) is 10.8 Å². The maximum absolute atomic E-state index is 5.57. The number of hydrogen-bond acceptors (Lipinski definition) is 2. The zero-order valence-electron chi connectivity index (χ0n) is 11.1. The molecule has 0 aliphatic heterocycles. The summed E-state index contributed by atoms with van der Waals surface area (Å²) in [6.07, 6.45) is 0. The summed E-state index contributed by atoms with van der Waals surface area (Å²) in [4.78, 5) is 0. The molecule has 0 bridgehead atoms. The van der Waals surface area contributed by atoms with Crippen molar-refractivity contribution in [2.45, 2.75) is 13.8 Å². The normalized spacial score (nSPS) is 11.1. The zero-order chi connectivity index (χ0) is 12.8. The molecule has 1 N–H and O–H groups in total. The van der Waals surface area contributed by atoms with Crippen LogP contribution in [0.4, 0.5) is 5.69 Å². The van der Waals surface area contributed by atoms with E-state index >= 15 is 0 Å². The first kappa shape index (κ1) is 12.9. The number of hydrogen-bond donors (Lipinski definition) is 1. The van der Waals surface area contributed by atoms with Crippen molar-refractivity contribution < 1.29 is 4.74 Å². The smallest absolute Gasteiger partial charge is 0.0639 e. The van der Waals surface area contributed by atoms with Gasteiger partial charge in [0.15, 0.2) is 0 Å². The third kappa shape index (κ3) is 3.47. The van der Waals surface area contributed by atoms with Gasteiger partial charge >= 0.3 is 0 Å². The molecule has 0 saturated carbocycles. The van der Waals surface area contributed by atoms with E-state index in [4.69, 9.17) is 4.74 Å². The first-order chi connectivity index (χ1) is 8.77. The molecule has 0 aromatic heterocycles. The monoisotopic (exact) mass is 243 g/mol. The van der Waals surface area contributed by atoms with Gasteiger partial charge in [-0.05, 0) is 17.4 Å². The number of fused-ring (bicyclic) bond motifs is 1. The van der Waals surface area contributed by atoms with Crippen LogP contribution in [-0.4, -0.2) is 19.8 Å². The van der Waals surface area contributed by atoms with Crippen molar-refractivity contribution in [2.75, 3.05) is 25.1 Å². The molecule has 0 atom stereocenters. The number of anilines is 1. The van der Waals surface area contributed by atoms with E-state index < -0.39 is 0 Å². The first-order valence-corrected chi connectivity index (χ1v) is 6.57. The van der Waals surface area contributed by atoms with Crippen LogP contribution in [0.1, 0.15) is 13.8 Å². The van der Waals surface area contributed by atoms with Gasteiger partial charge in [-0.25, -0.2) is 0 Å². The third-order valence-electron chi connectivity index (χ3n) is 2.80. The van der Waals surface area contributed by atoms with Crippen molar-refractivity contribution in [1.29, 1.82) is 0 Å². The predicted molar refractivity (Wildman–Crippen MR) is 78.1 cm³/mol. The molecule has 2 nitrogen and oxygen atoms in total. The molecule has 0 aliphatic carbocycles. The Hall–Kier alpha value is -1.54. The Morgan fingerprint density at radius 3 is 2.67 bits per heavy atom. The van der Waals surface area contributed by atoms with Crippen LogP contribution >= 0.6 is 0 Å². The molecular weight excluding hydrogens is 222 g/mol. The molecule has 2 rings (SSSR count). The second-order valence-corrected chi connectivity index (χ2v) is 4.92. The van der Waals surface area contributed by atoms with Gasteiger partial charge in [0, 0.05) is 24.2 Å². The van der Waals surface area contributed by atoms with E-state index in [-0.39, 0.29) is 0 Å². The minimum atomic E-state index is 0.600. The summed E-state index contributed by atoms with van der Waals surface area (Å²) in [5.74, 6) is 0.600. The van der Waals surface area contributed by atoms with Gasteiger partial charge < -0.3 is 10.1 Å². The zero-order valence-corrected chi connectivity index (χ0v) is 11.1. The van der Waals surface area contributed by atoms with Gasteiger partial charge in [0.2, 0.25) is 0 Å². The standard InChI is InChI=1S/C16H21NO/c1-13(2)12-18-11-10-17-16-9-5-7-14-6-3-4-8-15(14)16/h3-9,13,17H,10-12H2,1-2H3. The topological polar surface area (TPSA) is 21.3 Å². The lowest BCUT2D eigenvalue weighted by molar-refractivity contribution is 0.118. The summed E-state index contributed by atoms with van der Waals surface area (Å²) in [6, 6.07) is 14.8. The average molecular weight is 243 g/mol. The molecule has 0 radical (unpaired) electrons. The Morgan fingerprint density at radius 2 is 1.83 bits per heavy atom. The van der Waals surface area contributed by atoms with E-state index in [0.717, 1.165) is 19.8 Å². The van der Waals surface area contributed by atoms with Crippen molar-refractivity contribution in [3.05, 3.63) is 42.5 Å². The molecule has 18 heavy (non-hydrogen) atoms. The van der Waals surface area contributed by atoms with Crippen LogP contribution in [0.5, 0.6) is 0 Å². The van der Waals surface area contributed by atoms with Crippen molar-refractivity contribution in [2.24, 2.45) is 5.92 Å². The molecule has 2 aromatic rings. The lowest BCUT2D eigenvalue weighted by Crippen LogP contribution is -2.12. The lowest BCUT2D eigenvalue weighted by Gasteiger charge is -2.11. The molecule has 2 aromatic carbocycles. The highest BCUT2D eigenvalue weighted by Gasteiger charge is 1.99. The number of nitrogens with one attached hydrogen (secondary N) is 1. The Morgan fingerprint density at radius 1 is 1.06 bits per heavy atom. The Labute approximate surface area is 109 Å². The highest BCUT2D eigenvalue weighted by atomic mass is 16.5. The Bertz CT molecular complexity index is 488. The molecule has 0 amide bonds. The highest BCUT2D eigenvalue weighted by Crippen LogP contribution is 2.22. The molecule has 0 unspecified atom stereocenters. The van der Waals surface area contributed by atoms with Crippen LogP contribution in [0, 0.1) is 5.92 Å². The molecular formula is C16H21NO. The van der Waals surface area contributed by atoms with E-state index in [1.54, 1.807) is 0 Å². The summed E-state index contributed by atoms with van der Waals surface area (Å²) in [5.41, 5.74) is 1.18. The average Bonchev–Trinajstić information content (AvgIpc) is 2.38. The van der Waals surface area contributed by atoms with Gasteiger partial charge in [0.05, 0.1) is 6.61 Å². The van der Waals surface area contributed by atoms with Gasteiger partial charge in [-0.15, -0.1) is 0 Å². The number of ether oxygens (including phenoxy) is 1. The van der Waals surface area contributed by atoms with Crippen LogP contribution in [-0.2, 0) is 4.74 Å². The quantitative estimate of drug-likeness (QED) is 0.776. The largest absolute Gasteiger partial charge is 0.382 e. The molecule has 0 heterocycles. The van der Waals surface area contributed by atoms with Gasteiger partial charge in [0.1, 0.15) is 0 Å². The second kappa shape index (κ2) is 6.41. The van der Waals surface area contributed by atoms with Crippen molar-refractivity contribution in [3.8, 4) is 0 Å². The summed E-state index contributed by atoms with van der Waals surface area (Å²) in [6.45, 7) is 6.76. The van der Waals surface area contributed by atoms with Gasteiger partial charge in [-0.1, -0.05) is 50.2 Å². The van der Waals surface area contributed by atoms with Crippen LogP contribution in [0.3, 0.4) is 0 Å². The van der Waals surface area contributed by atoms with E-state index in [0.29, 0.717) is 5.92 Å². The Kier molecular flexibility index (Phi) is 4.59. The maximum atomic E-state index is 5.57. The van der Waals surface area contributed by atoms with Gasteiger partial charge in [-0.3, -0.25) is 0 Å². The van der Waals surface area contributed by atoms with E-state index in [9.17, 15) is 0 Å². The minimum absolute atomic E-state index is 0.600. The minimum Gasteiger partial charge on any atom is -0.382 e. The molecule has 96 valence electrons. The fourth-order valence-corrected chi connectivity index (χ4v) is 1.96. The van der Waals surface area contributed by atoms with Crippen LogP contribution in [0.2, 0.25) is 0 Å². The maximum Gasteiger partial charge on any atom is 0.0639 e. The fraction of sp³-hybridized carbons (Fsp3) is 0.375. The van der Waals surface area contributed by atoms with Crippen molar-refractivity contribution in [1.82, 2.24) is 0 Å². The van der Waals surface area contributed by atoms with E-state index in [2.05, 4.69) is 61.6 Å². The summed E-state index contributed by atoms with van der Waals surface area (Å²) in [7, 11) is 0. The summed E-state index contributed by atoms with van der Waals surface area (Å²) in [5, 5.41) is 5.97. The molecule has 0 saturated heterocycles. The van der Waals surface area contributed by atoms with Gasteiger partial charge in [0.25, 0.3) is 0 Å². The van der Waals surface area contributed by atoms with E-state index in [1.807, 2.05) is 0 Å². The molecule has 2 heteroatoms. The lowest BCUT2D eigenvalue weighted by atomic mass is 10.1. The van der Waals surface area contributed by atoms with Crippen LogP contribution < -0.4 is 5.32 Å². The third-order valence-corrected chi connectivity index (χ3v) is 2.80. The van der Waals surface area contributed by atoms with Crippen molar-refractivity contribution in [3.63, 3.8) is 0 Å². The highest BCUT2D eigenvalue weighted by molar-refractivity contribution is 5.93.